The van der Waals surface area contributed by atoms with Crippen LogP contribution in [0.15, 0.2) is 49.1 Å². The van der Waals surface area contributed by atoms with Gasteiger partial charge in [0.15, 0.2) is 11.6 Å². The molecule has 4 heterocycles. The van der Waals surface area contributed by atoms with E-state index in [1.165, 1.54) is 9.80 Å². The number of halogens is 2. The summed E-state index contributed by atoms with van der Waals surface area (Å²) < 4.78 is 43.0. The highest BCUT2D eigenvalue weighted by molar-refractivity contribution is 5.96. The number of cyclic esters (lactones) is 1. The molecule has 1 N–H and O–H groups in total. The second-order valence-corrected chi connectivity index (χ2v) is 11.3. The number of anilines is 2. The number of piperazine rings is 1. The standard InChI is InChI=1S/C31H37F2N7O5/c1-5-44-20(4)7-8-22-17-40(31(43)45-22)21-15-23(32)27(24(33)16-21)37-11-13-38(14-12-37)29(42)26(19(2)3)36-28(41)25-18-39-10-6-9-34-30(39)35-25/h6,9-10,15-16,18-19,22,26H,4-5,7-8,11-14,17H2,1-3H3,(H,36,41)/t22-,26-/m0/s1. The Morgan fingerprint density at radius 3 is 2.53 bits per heavy atom. The zero-order valence-corrected chi connectivity index (χ0v) is 25.5. The summed E-state index contributed by atoms with van der Waals surface area (Å²) >= 11 is 0. The van der Waals surface area contributed by atoms with Crippen LogP contribution in [-0.2, 0) is 14.3 Å². The van der Waals surface area contributed by atoms with Gasteiger partial charge >= 0.3 is 6.09 Å². The number of benzene rings is 1. The summed E-state index contributed by atoms with van der Waals surface area (Å²) in [5, 5.41) is 2.79. The monoisotopic (exact) mass is 625 g/mol. The molecule has 0 unspecified atom stereocenters. The van der Waals surface area contributed by atoms with Crippen LogP contribution in [0.25, 0.3) is 5.78 Å². The average Bonchev–Trinajstić information content (AvgIpc) is 3.62. The van der Waals surface area contributed by atoms with E-state index in [-0.39, 0.29) is 61.6 Å². The highest BCUT2D eigenvalue weighted by Crippen LogP contribution is 2.32. The van der Waals surface area contributed by atoms with Crippen molar-refractivity contribution in [3.8, 4) is 0 Å². The van der Waals surface area contributed by atoms with Crippen LogP contribution in [0.5, 0.6) is 0 Å². The van der Waals surface area contributed by atoms with Crippen molar-refractivity contribution >= 4 is 35.1 Å². The van der Waals surface area contributed by atoms with Crippen LogP contribution in [-0.4, -0.2) is 88.7 Å². The molecule has 5 rings (SSSR count). The fourth-order valence-corrected chi connectivity index (χ4v) is 5.51. The molecule has 2 aliphatic rings. The number of fused-ring (bicyclic) bond motifs is 1. The van der Waals surface area contributed by atoms with Crippen LogP contribution < -0.4 is 15.1 Å². The molecule has 2 fully saturated rings. The summed E-state index contributed by atoms with van der Waals surface area (Å²) in [5.41, 5.74) is -0.0238. The molecule has 0 saturated carbocycles. The number of amides is 3. The van der Waals surface area contributed by atoms with E-state index in [1.807, 2.05) is 20.8 Å². The Bertz CT molecular complexity index is 1530. The number of hydrogen-bond donors (Lipinski definition) is 1. The fraction of sp³-hybridized carbons (Fsp3) is 0.452. The van der Waals surface area contributed by atoms with E-state index in [9.17, 15) is 14.4 Å². The number of hydrogen-bond acceptors (Lipinski definition) is 8. The van der Waals surface area contributed by atoms with E-state index in [1.54, 1.807) is 34.0 Å². The van der Waals surface area contributed by atoms with Crippen molar-refractivity contribution in [2.75, 3.05) is 49.1 Å². The Hall–Kier alpha value is -4.75. The highest BCUT2D eigenvalue weighted by atomic mass is 19.1. The highest BCUT2D eigenvalue weighted by Gasteiger charge is 2.35. The quantitative estimate of drug-likeness (QED) is 0.320. The average molecular weight is 626 g/mol. The first kappa shape index (κ1) is 31.7. The van der Waals surface area contributed by atoms with Gasteiger partial charge in [-0.2, -0.15) is 0 Å². The van der Waals surface area contributed by atoms with E-state index in [0.717, 1.165) is 12.1 Å². The number of carbonyl (C=O) groups is 3. The second kappa shape index (κ2) is 13.5. The third-order valence-electron chi connectivity index (χ3n) is 7.88. The van der Waals surface area contributed by atoms with Gasteiger partial charge in [-0.25, -0.2) is 23.5 Å². The zero-order chi connectivity index (χ0) is 32.2. The van der Waals surface area contributed by atoms with Crippen LogP contribution in [0.4, 0.5) is 25.0 Å². The van der Waals surface area contributed by atoms with E-state index >= 15 is 8.78 Å². The largest absolute Gasteiger partial charge is 0.499 e. The second-order valence-electron chi connectivity index (χ2n) is 11.3. The first-order valence-electron chi connectivity index (χ1n) is 15.0. The molecule has 2 saturated heterocycles. The molecule has 45 heavy (non-hydrogen) atoms. The number of carbonyl (C=O) groups excluding carboxylic acids is 3. The lowest BCUT2D eigenvalue weighted by atomic mass is 10.0. The summed E-state index contributed by atoms with van der Waals surface area (Å²) in [5.74, 6) is -1.70. The molecule has 0 radical (unpaired) electrons. The Balaban J connectivity index is 1.19. The molecular formula is C31H37F2N7O5. The van der Waals surface area contributed by atoms with Crippen LogP contribution in [0.2, 0.25) is 0 Å². The molecule has 12 nitrogen and oxygen atoms in total. The van der Waals surface area contributed by atoms with E-state index in [2.05, 4.69) is 21.9 Å². The maximum atomic E-state index is 15.4. The van der Waals surface area contributed by atoms with Gasteiger partial charge in [0.25, 0.3) is 5.91 Å². The number of imidazole rings is 1. The number of nitrogens with one attached hydrogen (secondary N) is 1. The van der Waals surface area contributed by atoms with Gasteiger partial charge in [-0.3, -0.25) is 18.9 Å². The van der Waals surface area contributed by atoms with Gasteiger partial charge in [-0.15, -0.1) is 0 Å². The first-order valence-corrected chi connectivity index (χ1v) is 15.0. The van der Waals surface area contributed by atoms with Gasteiger partial charge in [0.1, 0.15) is 23.5 Å². The van der Waals surface area contributed by atoms with Gasteiger partial charge in [0.05, 0.1) is 24.6 Å². The van der Waals surface area contributed by atoms with Crippen molar-refractivity contribution in [2.45, 2.75) is 45.8 Å². The summed E-state index contributed by atoms with van der Waals surface area (Å²) in [6.45, 7) is 10.7. The SMILES string of the molecule is C=C(CC[C@H]1CN(c2cc(F)c(N3CCN(C(=O)[C@@H](NC(=O)c4cn5cccnc5n4)C(C)C)CC3)c(F)c2)C(=O)O1)OCC. The molecule has 0 bridgehead atoms. The number of aromatic nitrogens is 3. The molecule has 3 aromatic rings. The Labute approximate surface area is 259 Å². The fourth-order valence-electron chi connectivity index (χ4n) is 5.51. The van der Waals surface area contributed by atoms with Gasteiger partial charge in [-0.1, -0.05) is 20.4 Å². The molecule has 2 atom stereocenters. The zero-order valence-electron chi connectivity index (χ0n) is 25.5. The minimum absolute atomic E-state index is 0.0654. The van der Waals surface area contributed by atoms with Gasteiger partial charge in [0, 0.05) is 63.3 Å². The molecular weight excluding hydrogens is 588 g/mol. The summed E-state index contributed by atoms with van der Waals surface area (Å²) in [7, 11) is 0. The van der Waals surface area contributed by atoms with Gasteiger partial charge in [0.2, 0.25) is 11.7 Å². The maximum Gasteiger partial charge on any atom is 0.414 e. The minimum atomic E-state index is -0.823. The van der Waals surface area contributed by atoms with Gasteiger partial charge in [-0.05, 0) is 25.3 Å². The van der Waals surface area contributed by atoms with E-state index < -0.39 is 35.8 Å². The molecule has 0 spiro atoms. The van der Waals surface area contributed by atoms with Crippen LogP contribution >= 0.6 is 0 Å². The molecule has 1 aromatic carbocycles. The first-order chi connectivity index (χ1) is 21.5. The smallest absolute Gasteiger partial charge is 0.414 e. The molecule has 2 aromatic heterocycles. The van der Waals surface area contributed by atoms with Gasteiger partial charge < -0.3 is 24.6 Å². The lowest BCUT2D eigenvalue weighted by molar-refractivity contribution is -0.134. The van der Waals surface area contributed by atoms with Crippen molar-refractivity contribution < 1.29 is 32.6 Å². The topological polar surface area (TPSA) is 122 Å². The number of rotatable bonds is 11. The van der Waals surface area contributed by atoms with Crippen molar-refractivity contribution in [1.82, 2.24) is 24.6 Å². The third kappa shape index (κ3) is 6.99. The molecule has 2 aliphatic heterocycles. The Morgan fingerprint density at radius 1 is 1.18 bits per heavy atom. The van der Waals surface area contributed by atoms with Crippen molar-refractivity contribution in [2.24, 2.45) is 5.92 Å². The van der Waals surface area contributed by atoms with Crippen molar-refractivity contribution in [1.29, 1.82) is 0 Å². The summed E-state index contributed by atoms with van der Waals surface area (Å²) in [4.78, 5) is 51.6. The predicted octanol–water partition coefficient (Wildman–Crippen LogP) is 3.77. The van der Waals surface area contributed by atoms with E-state index in [0.29, 0.717) is 31.0 Å². The number of allylic oxidation sites excluding steroid dienone is 1. The minimum Gasteiger partial charge on any atom is -0.499 e. The maximum absolute atomic E-state index is 15.4. The predicted molar refractivity (Wildman–Crippen MR) is 162 cm³/mol. The molecule has 240 valence electrons. The molecule has 3 amide bonds. The van der Waals surface area contributed by atoms with E-state index in [4.69, 9.17) is 9.47 Å². The lowest BCUT2D eigenvalue weighted by Crippen LogP contribution is -2.56. The van der Waals surface area contributed by atoms with Crippen LogP contribution in [0, 0.1) is 17.6 Å². The van der Waals surface area contributed by atoms with Crippen LogP contribution in [0.3, 0.4) is 0 Å². The summed E-state index contributed by atoms with van der Waals surface area (Å²) in [6, 6.07) is 3.14. The normalized spacial score (nSPS) is 17.5. The number of ether oxygens (including phenoxy) is 2. The number of nitrogens with zero attached hydrogens (tertiary/aromatic N) is 6. The third-order valence-corrected chi connectivity index (χ3v) is 7.88. The van der Waals surface area contributed by atoms with Crippen molar-refractivity contribution in [3.63, 3.8) is 0 Å². The molecule has 14 heteroatoms. The Kier molecular flexibility index (Phi) is 9.49. The van der Waals surface area contributed by atoms with Crippen molar-refractivity contribution in [3.05, 3.63) is 66.5 Å². The Morgan fingerprint density at radius 2 is 1.89 bits per heavy atom. The lowest BCUT2D eigenvalue weighted by Gasteiger charge is -2.38. The van der Waals surface area contributed by atoms with Crippen LogP contribution in [0.1, 0.15) is 44.1 Å². The summed E-state index contributed by atoms with van der Waals surface area (Å²) in [6.07, 6.45) is 4.67. The molecule has 0 aliphatic carbocycles.